The van der Waals surface area contributed by atoms with E-state index in [1.807, 2.05) is 26.0 Å². The van der Waals surface area contributed by atoms with Crippen molar-refractivity contribution >= 4 is 23.0 Å². The fourth-order valence-electron chi connectivity index (χ4n) is 4.47. The van der Waals surface area contributed by atoms with E-state index in [2.05, 4.69) is 5.32 Å². The van der Waals surface area contributed by atoms with Crippen molar-refractivity contribution < 1.29 is 24.0 Å². The largest absolute Gasteiger partial charge is 0.493 e. The first-order valence-electron chi connectivity index (χ1n) is 11.3. The van der Waals surface area contributed by atoms with Crippen LogP contribution in [0.25, 0.3) is 5.57 Å². The minimum atomic E-state index is -0.692. The number of hydrogen-bond donors (Lipinski definition) is 1. The van der Waals surface area contributed by atoms with Crippen molar-refractivity contribution in [2.24, 2.45) is 5.41 Å². The maximum atomic E-state index is 13.6. The van der Waals surface area contributed by atoms with Gasteiger partial charge in [0.1, 0.15) is 0 Å². The molecule has 8 nitrogen and oxygen atoms in total. The molecule has 0 saturated heterocycles. The standard InChI is InChI=1S/C28H26N2O6/c1-28(2)16-22(25(31)17-9-6-5-7-10-17)20-14-23(35-3)24(36-4)15-21(20)26(28)29-27(32)18-11-8-12-19(13-18)30(33)34/h5-16,26H,1-4H3,(H,29,32). The van der Waals surface area contributed by atoms with Crippen LogP contribution in [0, 0.1) is 15.5 Å². The molecule has 3 aromatic rings. The summed E-state index contributed by atoms with van der Waals surface area (Å²) in [4.78, 5) is 37.4. The summed E-state index contributed by atoms with van der Waals surface area (Å²) in [5.41, 5.74) is 1.62. The van der Waals surface area contributed by atoms with Crippen molar-refractivity contribution in [2.45, 2.75) is 19.9 Å². The van der Waals surface area contributed by atoms with Gasteiger partial charge in [-0.05, 0) is 29.3 Å². The van der Waals surface area contributed by atoms with E-state index in [1.165, 1.54) is 38.5 Å². The van der Waals surface area contributed by atoms with Gasteiger partial charge >= 0.3 is 0 Å². The van der Waals surface area contributed by atoms with E-state index in [-0.39, 0.29) is 17.0 Å². The van der Waals surface area contributed by atoms with Crippen LogP contribution in [-0.2, 0) is 0 Å². The van der Waals surface area contributed by atoms with Crippen LogP contribution in [0.4, 0.5) is 5.69 Å². The number of nitrogens with zero attached hydrogens (tertiary/aromatic N) is 1. The Morgan fingerprint density at radius 1 is 0.917 bits per heavy atom. The molecule has 4 rings (SSSR count). The fraction of sp³-hybridized carbons (Fsp3) is 0.214. The number of methoxy groups -OCH3 is 2. The average molecular weight is 487 g/mol. The molecule has 0 aliphatic heterocycles. The third-order valence-corrected chi connectivity index (χ3v) is 6.29. The van der Waals surface area contributed by atoms with E-state index in [0.29, 0.717) is 33.8 Å². The molecule has 0 saturated carbocycles. The van der Waals surface area contributed by atoms with Gasteiger partial charge in [0.05, 0.1) is 25.2 Å². The van der Waals surface area contributed by atoms with Crippen molar-refractivity contribution in [3.8, 4) is 11.5 Å². The van der Waals surface area contributed by atoms with Crippen LogP contribution in [0.1, 0.15) is 51.7 Å². The molecular formula is C28H26N2O6. The minimum Gasteiger partial charge on any atom is -0.493 e. The summed E-state index contributed by atoms with van der Waals surface area (Å²) in [6.45, 7) is 3.84. The van der Waals surface area contributed by atoms with Crippen LogP contribution in [0.2, 0.25) is 0 Å². The van der Waals surface area contributed by atoms with Crippen molar-refractivity contribution in [1.82, 2.24) is 5.32 Å². The summed E-state index contributed by atoms with van der Waals surface area (Å²) in [6, 6.07) is 17.5. The molecule has 36 heavy (non-hydrogen) atoms. The van der Waals surface area contributed by atoms with Gasteiger partial charge in [-0.3, -0.25) is 19.7 Å². The zero-order valence-corrected chi connectivity index (χ0v) is 20.4. The number of nitro benzene ring substituents is 1. The Labute approximate surface area is 208 Å². The van der Waals surface area contributed by atoms with E-state index in [9.17, 15) is 19.7 Å². The predicted octanol–water partition coefficient (Wildman–Crippen LogP) is 5.39. The Bertz CT molecular complexity index is 1380. The molecule has 1 atom stereocenters. The average Bonchev–Trinajstić information content (AvgIpc) is 2.89. The summed E-state index contributed by atoms with van der Waals surface area (Å²) in [6.07, 6.45) is 1.86. The number of ether oxygens (including phenoxy) is 2. The topological polar surface area (TPSA) is 108 Å². The van der Waals surface area contributed by atoms with Crippen LogP contribution in [0.15, 0.2) is 72.8 Å². The number of amides is 1. The Morgan fingerprint density at radius 3 is 2.19 bits per heavy atom. The van der Waals surface area contributed by atoms with Gasteiger partial charge in [0.25, 0.3) is 11.6 Å². The second-order valence-corrected chi connectivity index (χ2v) is 9.08. The van der Waals surface area contributed by atoms with Gasteiger partial charge in [0.15, 0.2) is 17.3 Å². The second kappa shape index (κ2) is 9.65. The lowest BCUT2D eigenvalue weighted by Crippen LogP contribution is -2.40. The molecule has 0 heterocycles. The molecule has 184 valence electrons. The lowest BCUT2D eigenvalue weighted by atomic mass is 9.70. The van der Waals surface area contributed by atoms with Crippen molar-refractivity contribution in [3.05, 3.63) is 105 Å². The third-order valence-electron chi connectivity index (χ3n) is 6.29. The Morgan fingerprint density at radius 2 is 1.56 bits per heavy atom. The monoisotopic (exact) mass is 486 g/mol. The Balaban J connectivity index is 1.83. The number of non-ortho nitro benzene ring substituents is 1. The highest BCUT2D eigenvalue weighted by Gasteiger charge is 2.39. The van der Waals surface area contributed by atoms with E-state index in [0.717, 1.165) is 0 Å². The number of allylic oxidation sites excluding steroid dienone is 1. The lowest BCUT2D eigenvalue weighted by Gasteiger charge is -2.39. The van der Waals surface area contributed by atoms with Gasteiger partial charge in [-0.1, -0.05) is 56.3 Å². The van der Waals surface area contributed by atoms with E-state index < -0.39 is 22.3 Å². The highest BCUT2D eigenvalue weighted by molar-refractivity contribution is 6.29. The second-order valence-electron chi connectivity index (χ2n) is 9.08. The smallest absolute Gasteiger partial charge is 0.270 e. The molecule has 0 spiro atoms. The van der Waals surface area contributed by atoms with E-state index in [4.69, 9.17) is 9.47 Å². The van der Waals surface area contributed by atoms with E-state index >= 15 is 0 Å². The molecule has 1 amide bonds. The SMILES string of the molecule is COc1cc2c(cc1OC)C(NC(=O)c1cccc([N+](=O)[O-])c1)C(C)(C)C=C2C(=O)c1ccccc1. The third kappa shape index (κ3) is 4.57. The van der Waals surface area contributed by atoms with Crippen LogP contribution >= 0.6 is 0 Å². The number of carbonyl (C=O) groups is 2. The summed E-state index contributed by atoms with van der Waals surface area (Å²) in [5, 5.41) is 14.2. The molecule has 3 aromatic carbocycles. The number of Topliss-reactive ketones (excluding diaryl/α,β-unsaturated/α-hetero) is 1. The van der Waals surface area contributed by atoms with Crippen LogP contribution in [0.3, 0.4) is 0 Å². The Hall–Kier alpha value is -4.46. The van der Waals surface area contributed by atoms with Crippen LogP contribution in [-0.4, -0.2) is 30.8 Å². The molecule has 1 unspecified atom stereocenters. The van der Waals surface area contributed by atoms with E-state index in [1.54, 1.807) is 36.4 Å². The summed E-state index contributed by atoms with van der Waals surface area (Å²) < 4.78 is 11.0. The van der Waals surface area contributed by atoms with Gasteiger partial charge in [-0.25, -0.2) is 0 Å². The summed E-state index contributed by atoms with van der Waals surface area (Å²) in [7, 11) is 3.03. The van der Waals surface area contributed by atoms with Gasteiger partial charge in [-0.15, -0.1) is 0 Å². The minimum absolute atomic E-state index is 0.152. The molecule has 1 aliphatic rings. The maximum absolute atomic E-state index is 13.6. The summed E-state index contributed by atoms with van der Waals surface area (Å²) >= 11 is 0. The first-order valence-corrected chi connectivity index (χ1v) is 11.3. The van der Waals surface area contributed by atoms with Crippen LogP contribution < -0.4 is 14.8 Å². The molecule has 1 N–H and O–H groups in total. The molecule has 0 radical (unpaired) electrons. The summed E-state index contributed by atoms with van der Waals surface area (Å²) in [5.74, 6) is 0.283. The number of rotatable bonds is 7. The number of nitro groups is 1. The molecule has 0 fully saturated rings. The van der Waals surface area contributed by atoms with Crippen LogP contribution in [0.5, 0.6) is 11.5 Å². The number of nitrogens with one attached hydrogen (secondary N) is 1. The zero-order chi connectivity index (χ0) is 26.0. The highest BCUT2D eigenvalue weighted by atomic mass is 16.6. The number of carbonyl (C=O) groups excluding carboxylic acids is 2. The lowest BCUT2D eigenvalue weighted by molar-refractivity contribution is -0.384. The molecule has 1 aliphatic carbocycles. The number of hydrogen-bond acceptors (Lipinski definition) is 6. The van der Waals surface area contributed by atoms with Crippen molar-refractivity contribution in [3.63, 3.8) is 0 Å². The maximum Gasteiger partial charge on any atom is 0.270 e. The number of fused-ring (bicyclic) bond motifs is 1. The number of ketones is 1. The van der Waals surface area contributed by atoms with Gasteiger partial charge in [0, 0.05) is 34.2 Å². The highest BCUT2D eigenvalue weighted by Crippen LogP contribution is 2.48. The fourth-order valence-corrected chi connectivity index (χ4v) is 4.47. The zero-order valence-electron chi connectivity index (χ0n) is 20.4. The van der Waals surface area contributed by atoms with Gasteiger partial charge in [0.2, 0.25) is 0 Å². The molecular weight excluding hydrogens is 460 g/mol. The quantitative estimate of drug-likeness (QED) is 0.273. The molecule has 0 aromatic heterocycles. The molecule has 8 heteroatoms. The number of benzene rings is 3. The Kier molecular flexibility index (Phi) is 6.61. The first kappa shape index (κ1) is 24.7. The van der Waals surface area contributed by atoms with Crippen molar-refractivity contribution in [1.29, 1.82) is 0 Å². The van der Waals surface area contributed by atoms with Gasteiger partial charge < -0.3 is 14.8 Å². The van der Waals surface area contributed by atoms with Gasteiger partial charge in [-0.2, -0.15) is 0 Å². The first-order chi connectivity index (χ1) is 17.2. The normalized spacial score (nSPS) is 15.8. The van der Waals surface area contributed by atoms with Crippen molar-refractivity contribution in [2.75, 3.05) is 14.2 Å². The predicted molar refractivity (Wildman–Crippen MR) is 135 cm³/mol. The molecule has 0 bridgehead atoms.